The first-order chi connectivity index (χ1) is 13.7. The van der Waals surface area contributed by atoms with E-state index in [0.29, 0.717) is 18.3 Å². The van der Waals surface area contributed by atoms with Crippen molar-refractivity contribution >= 4 is 17.4 Å². The van der Waals surface area contributed by atoms with Crippen molar-refractivity contribution in [3.63, 3.8) is 0 Å². The lowest BCUT2D eigenvalue weighted by atomic mass is 10.1. The van der Waals surface area contributed by atoms with Crippen LogP contribution in [0.1, 0.15) is 35.4 Å². The molecule has 152 valence electrons. The second kappa shape index (κ2) is 8.71. The molecule has 0 saturated carbocycles. The van der Waals surface area contributed by atoms with Crippen molar-refractivity contribution in [3.05, 3.63) is 75.6 Å². The number of aromatic nitrogens is 2. The van der Waals surface area contributed by atoms with Crippen molar-refractivity contribution in [3.8, 4) is 11.6 Å². The summed E-state index contributed by atoms with van der Waals surface area (Å²) in [6.07, 6.45) is 0.354. The molecule has 1 heterocycles. The first kappa shape index (κ1) is 21.0. The summed E-state index contributed by atoms with van der Waals surface area (Å²) in [5.74, 6) is -1.89. The van der Waals surface area contributed by atoms with Crippen LogP contribution in [0.4, 0.5) is 14.6 Å². The van der Waals surface area contributed by atoms with Crippen LogP contribution in [0.3, 0.4) is 0 Å². The van der Waals surface area contributed by atoms with Crippen molar-refractivity contribution in [2.75, 3.05) is 5.32 Å². The maximum atomic E-state index is 14.0. The lowest BCUT2D eigenvalue weighted by Crippen LogP contribution is -2.09. The number of anilines is 1. The average molecular weight is 420 g/mol. The van der Waals surface area contributed by atoms with Gasteiger partial charge in [-0.3, -0.25) is 0 Å². The Morgan fingerprint density at radius 1 is 1.17 bits per heavy atom. The SMILES string of the molecule is Cc1ccc(CNc2nc(Oc3c(F)cc(F)cc3Cl)cnc2C(C)O)cc1C. The summed E-state index contributed by atoms with van der Waals surface area (Å²) in [7, 11) is 0. The zero-order valence-electron chi connectivity index (χ0n) is 16.1. The van der Waals surface area contributed by atoms with Crippen LogP contribution in [-0.4, -0.2) is 15.1 Å². The molecule has 0 bridgehead atoms. The molecule has 0 aliphatic rings. The third-order valence-corrected chi connectivity index (χ3v) is 4.66. The van der Waals surface area contributed by atoms with Crippen LogP contribution in [0.15, 0.2) is 36.5 Å². The molecule has 1 unspecified atom stereocenters. The molecule has 5 nitrogen and oxygen atoms in total. The minimum Gasteiger partial charge on any atom is -0.433 e. The van der Waals surface area contributed by atoms with Gasteiger partial charge in [0, 0.05) is 12.6 Å². The fourth-order valence-corrected chi connectivity index (χ4v) is 2.93. The first-order valence-corrected chi connectivity index (χ1v) is 9.29. The van der Waals surface area contributed by atoms with Crippen LogP contribution in [0.2, 0.25) is 5.02 Å². The molecule has 8 heteroatoms. The molecule has 2 N–H and O–H groups in total. The van der Waals surface area contributed by atoms with Crippen LogP contribution in [0.25, 0.3) is 0 Å². The second-order valence-electron chi connectivity index (χ2n) is 6.69. The quantitative estimate of drug-likeness (QED) is 0.553. The Balaban J connectivity index is 1.87. The van der Waals surface area contributed by atoms with Gasteiger partial charge in [-0.15, -0.1) is 0 Å². The Bertz CT molecular complexity index is 1020. The highest BCUT2D eigenvalue weighted by Crippen LogP contribution is 2.33. The Morgan fingerprint density at radius 3 is 2.59 bits per heavy atom. The highest BCUT2D eigenvalue weighted by Gasteiger charge is 2.17. The second-order valence-corrected chi connectivity index (χ2v) is 7.10. The first-order valence-electron chi connectivity index (χ1n) is 8.92. The van der Waals surface area contributed by atoms with E-state index < -0.39 is 17.7 Å². The van der Waals surface area contributed by atoms with Gasteiger partial charge in [-0.1, -0.05) is 29.8 Å². The van der Waals surface area contributed by atoms with Crippen molar-refractivity contribution < 1.29 is 18.6 Å². The fraction of sp³-hybridized carbons (Fsp3) is 0.238. The van der Waals surface area contributed by atoms with Gasteiger partial charge in [0.05, 0.1) is 17.3 Å². The molecule has 0 radical (unpaired) electrons. The van der Waals surface area contributed by atoms with Gasteiger partial charge in [-0.25, -0.2) is 13.8 Å². The Kier molecular flexibility index (Phi) is 6.30. The molecule has 2 aromatic carbocycles. The molecule has 3 aromatic rings. The summed E-state index contributed by atoms with van der Waals surface area (Å²) >= 11 is 5.87. The van der Waals surface area contributed by atoms with Gasteiger partial charge in [0.15, 0.2) is 17.4 Å². The van der Waals surface area contributed by atoms with Crippen molar-refractivity contribution in [1.29, 1.82) is 0 Å². The monoisotopic (exact) mass is 419 g/mol. The molecule has 0 fully saturated rings. The van der Waals surface area contributed by atoms with Crippen LogP contribution in [-0.2, 0) is 6.54 Å². The highest BCUT2D eigenvalue weighted by molar-refractivity contribution is 6.32. The number of aliphatic hydroxyl groups excluding tert-OH is 1. The highest BCUT2D eigenvalue weighted by atomic mass is 35.5. The minimum absolute atomic E-state index is 0.0515. The van der Waals surface area contributed by atoms with Crippen LogP contribution in [0.5, 0.6) is 11.6 Å². The van der Waals surface area contributed by atoms with E-state index in [1.807, 2.05) is 32.0 Å². The fourth-order valence-electron chi connectivity index (χ4n) is 2.70. The summed E-state index contributed by atoms with van der Waals surface area (Å²) in [6, 6.07) is 7.66. The summed E-state index contributed by atoms with van der Waals surface area (Å²) in [6.45, 7) is 6.05. The van der Waals surface area contributed by atoms with Crippen molar-refractivity contribution in [1.82, 2.24) is 9.97 Å². The number of nitrogens with one attached hydrogen (secondary N) is 1. The van der Waals surface area contributed by atoms with E-state index in [-0.39, 0.29) is 22.5 Å². The summed E-state index contributed by atoms with van der Waals surface area (Å²) in [5.41, 5.74) is 3.67. The zero-order chi connectivity index (χ0) is 21.1. The molecule has 1 aromatic heterocycles. The standard InChI is InChI=1S/C21H20ClF2N3O2/c1-11-4-5-14(6-12(11)2)9-26-21-19(13(3)28)25-10-18(27-21)29-20-16(22)7-15(23)8-17(20)24/h4-8,10,13,28H,9H2,1-3H3,(H,26,27). The van der Waals surface area contributed by atoms with E-state index in [9.17, 15) is 13.9 Å². The van der Waals surface area contributed by atoms with Gasteiger partial charge in [0.2, 0.25) is 5.88 Å². The van der Waals surface area contributed by atoms with Crippen molar-refractivity contribution in [2.24, 2.45) is 0 Å². The predicted molar refractivity (Wildman–Crippen MR) is 107 cm³/mol. The Labute approximate surface area is 172 Å². The third kappa shape index (κ3) is 4.99. The number of nitrogens with zero attached hydrogens (tertiary/aromatic N) is 2. The molecule has 0 aliphatic heterocycles. The summed E-state index contributed by atoms with van der Waals surface area (Å²) in [4.78, 5) is 8.43. The number of aryl methyl sites for hydroxylation is 2. The number of ether oxygens (including phenoxy) is 1. The number of benzene rings is 2. The molecule has 0 spiro atoms. The molecular weight excluding hydrogens is 400 g/mol. The van der Waals surface area contributed by atoms with E-state index in [1.165, 1.54) is 11.8 Å². The third-order valence-electron chi connectivity index (χ3n) is 4.38. The van der Waals surface area contributed by atoms with E-state index >= 15 is 0 Å². The number of hydrogen-bond donors (Lipinski definition) is 2. The molecule has 0 aliphatic carbocycles. The van der Waals surface area contributed by atoms with Crippen LogP contribution in [0, 0.1) is 25.5 Å². The van der Waals surface area contributed by atoms with Gasteiger partial charge in [0.1, 0.15) is 11.5 Å². The zero-order valence-corrected chi connectivity index (χ0v) is 16.9. The molecule has 29 heavy (non-hydrogen) atoms. The lowest BCUT2D eigenvalue weighted by Gasteiger charge is -2.15. The van der Waals surface area contributed by atoms with Gasteiger partial charge in [-0.2, -0.15) is 4.98 Å². The van der Waals surface area contributed by atoms with E-state index in [2.05, 4.69) is 15.3 Å². The van der Waals surface area contributed by atoms with Crippen LogP contribution < -0.4 is 10.1 Å². The van der Waals surface area contributed by atoms with Crippen molar-refractivity contribution in [2.45, 2.75) is 33.4 Å². The van der Waals surface area contributed by atoms with Crippen LogP contribution >= 0.6 is 11.6 Å². The molecule has 1 atom stereocenters. The lowest BCUT2D eigenvalue weighted by molar-refractivity contribution is 0.194. The smallest absolute Gasteiger partial charge is 0.240 e. The predicted octanol–water partition coefficient (Wildman–Crippen LogP) is 5.48. The summed E-state index contributed by atoms with van der Waals surface area (Å²) < 4.78 is 32.6. The van der Waals surface area contributed by atoms with E-state index in [4.69, 9.17) is 16.3 Å². The average Bonchev–Trinajstić information content (AvgIpc) is 2.65. The van der Waals surface area contributed by atoms with E-state index in [0.717, 1.165) is 17.2 Å². The Hall–Kier alpha value is -2.77. The van der Waals surface area contributed by atoms with Gasteiger partial charge >= 0.3 is 0 Å². The molecule has 3 rings (SSSR count). The molecule has 0 saturated heterocycles. The summed E-state index contributed by atoms with van der Waals surface area (Å²) in [5, 5.41) is 12.9. The number of rotatable bonds is 6. The minimum atomic E-state index is -0.957. The van der Waals surface area contributed by atoms with Gasteiger partial charge < -0.3 is 15.2 Å². The largest absolute Gasteiger partial charge is 0.433 e. The number of halogens is 3. The normalized spacial score (nSPS) is 12.0. The maximum absolute atomic E-state index is 14.0. The topological polar surface area (TPSA) is 67.3 Å². The molecule has 0 amide bonds. The number of aliphatic hydroxyl groups is 1. The Morgan fingerprint density at radius 2 is 1.93 bits per heavy atom. The molecular formula is C21H20ClF2N3O2. The number of hydrogen-bond acceptors (Lipinski definition) is 5. The van der Waals surface area contributed by atoms with Gasteiger partial charge in [-0.05, 0) is 43.5 Å². The van der Waals surface area contributed by atoms with E-state index in [1.54, 1.807) is 6.92 Å². The van der Waals surface area contributed by atoms with Gasteiger partial charge in [0.25, 0.3) is 0 Å². The maximum Gasteiger partial charge on any atom is 0.240 e.